The highest BCUT2D eigenvalue weighted by atomic mass is 16.3. The van der Waals surface area contributed by atoms with Crippen molar-refractivity contribution in [1.29, 1.82) is 0 Å². The molecule has 0 amide bonds. The number of rotatable bonds is 3. The van der Waals surface area contributed by atoms with Crippen LogP contribution in [0.15, 0.2) is 36.4 Å². The highest BCUT2D eigenvalue weighted by molar-refractivity contribution is 5.84. The Bertz CT molecular complexity index is 493. The van der Waals surface area contributed by atoms with Gasteiger partial charge in [0, 0.05) is 6.04 Å². The summed E-state index contributed by atoms with van der Waals surface area (Å²) in [6.45, 7) is 2.14. The standard InChI is InChI=1S/C14H17NO/c1-2-3-14(15)12-5-4-11-9-13(16)7-6-10(11)8-12/h4-9,14,16H,2-3,15H2,1H3/t14-/m1/s1. The van der Waals surface area contributed by atoms with E-state index < -0.39 is 0 Å². The fraction of sp³-hybridized carbons (Fsp3) is 0.286. The van der Waals surface area contributed by atoms with E-state index in [4.69, 9.17) is 5.73 Å². The molecule has 2 aromatic rings. The van der Waals surface area contributed by atoms with Gasteiger partial charge in [0.2, 0.25) is 0 Å². The zero-order valence-electron chi connectivity index (χ0n) is 9.48. The van der Waals surface area contributed by atoms with Crippen LogP contribution in [0.4, 0.5) is 0 Å². The van der Waals surface area contributed by atoms with Gasteiger partial charge in [-0.25, -0.2) is 0 Å². The second-order valence-corrected chi connectivity index (χ2v) is 4.19. The number of nitrogens with two attached hydrogens (primary N) is 1. The van der Waals surface area contributed by atoms with Gasteiger partial charge in [-0.2, -0.15) is 0 Å². The van der Waals surface area contributed by atoms with Crippen LogP contribution in [0.5, 0.6) is 5.75 Å². The molecular formula is C14H17NO. The Balaban J connectivity index is 2.40. The topological polar surface area (TPSA) is 46.2 Å². The molecule has 0 saturated heterocycles. The fourth-order valence-electron chi connectivity index (χ4n) is 1.96. The van der Waals surface area contributed by atoms with E-state index >= 15 is 0 Å². The van der Waals surface area contributed by atoms with Crippen LogP contribution in [-0.2, 0) is 0 Å². The van der Waals surface area contributed by atoms with Gasteiger partial charge in [-0.15, -0.1) is 0 Å². The Kier molecular flexibility index (Phi) is 3.11. The molecule has 0 radical (unpaired) electrons. The minimum Gasteiger partial charge on any atom is -0.508 e. The van der Waals surface area contributed by atoms with E-state index in [0.717, 1.165) is 23.6 Å². The highest BCUT2D eigenvalue weighted by Gasteiger charge is 2.05. The van der Waals surface area contributed by atoms with E-state index in [1.54, 1.807) is 12.1 Å². The molecule has 0 aromatic heterocycles. The highest BCUT2D eigenvalue weighted by Crippen LogP contribution is 2.24. The average molecular weight is 215 g/mol. The molecule has 0 aliphatic rings. The lowest BCUT2D eigenvalue weighted by Crippen LogP contribution is -2.09. The van der Waals surface area contributed by atoms with Crippen molar-refractivity contribution in [2.75, 3.05) is 0 Å². The van der Waals surface area contributed by atoms with Crippen molar-refractivity contribution in [3.63, 3.8) is 0 Å². The molecule has 0 aliphatic carbocycles. The molecular weight excluding hydrogens is 198 g/mol. The molecule has 0 heterocycles. The maximum atomic E-state index is 9.37. The second-order valence-electron chi connectivity index (χ2n) is 4.19. The fourth-order valence-corrected chi connectivity index (χ4v) is 1.96. The summed E-state index contributed by atoms with van der Waals surface area (Å²) in [5.74, 6) is 0.304. The molecule has 0 fully saturated rings. The predicted molar refractivity (Wildman–Crippen MR) is 67.4 cm³/mol. The van der Waals surface area contributed by atoms with Gasteiger partial charge < -0.3 is 10.8 Å². The summed E-state index contributed by atoms with van der Waals surface area (Å²) in [6.07, 6.45) is 2.10. The molecule has 3 N–H and O–H groups in total. The van der Waals surface area contributed by atoms with Gasteiger partial charge in [0.25, 0.3) is 0 Å². The van der Waals surface area contributed by atoms with E-state index in [2.05, 4.69) is 13.0 Å². The Morgan fingerprint density at radius 1 is 1.12 bits per heavy atom. The third-order valence-electron chi connectivity index (χ3n) is 2.88. The third-order valence-corrected chi connectivity index (χ3v) is 2.88. The molecule has 84 valence electrons. The van der Waals surface area contributed by atoms with E-state index in [-0.39, 0.29) is 6.04 Å². The monoisotopic (exact) mass is 215 g/mol. The normalized spacial score (nSPS) is 12.9. The lowest BCUT2D eigenvalue weighted by molar-refractivity contribution is 0.476. The molecule has 0 spiro atoms. The molecule has 1 atom stereocenters. The van der Waals surface area contributed by atoms with Gasteiger partial charge in [-0.1, -0.05) is 31.5 Å². The first kappa shape index (κ1) is 11.0. The molecule has 2 nitrogen and oxygen atoms in total. The van der Waals surface area contributed by atoms with Crippen LogP contribution in [-0.4, -0.2) is 5.11 Å². The zero-order valence-corrected chi connectivity index (χ0v) is 9.48. The van der Waals surface area contributed by atoms with E-state index in [9.17, 15) is 5.11 Å². The number of phenols is 1. The predicted octanol–water partition coefficient (Wildman–Crippen LogP) is 3.35. The summed E-state index contributed by atoms with van der Waals surface area (Å²) < 4.78 is 0. The SMILES string of the molecule is CCC[C@@H](N)c1ccc2cc(O)ccc2c1. The number of fused-ring (bicyclic) bond motifs is 1. The second kappa shape index (κ2) is 4.54. The zero-order chi connectivity index (χ0) is 11.5. The van der Waals surface area contributed by atoms with Crippen LogP contribution < -0.4 is 5.73 Å². The van der Waals surface area contributed by atoms with Gasteiger partial charge in [-0.3, -0.25) is 0 Å². The van der Waals surface area contributed by atoms with Crippen molar-refractivity contribution in [3.8, 4) is 5.75 Å². The Labute approximate surface area is 95.7 Å². The first-order valence-electron chi connectivity index (χ1n) is 5.69. The van der Waals surface area contributed by atoms with Crippen molar-refractivity contribution in [2.24, 2.45) is 5.73 Å². The van der Waals surface area contributed by atoms with Crippen molar-refractivity contribution in [2.45, 2.75) is 25.8 Å². The maximum Gasteiger partial charge on any atom is 0.116 e. The number of phenolic OH excluding ortho intramolecular Hbond substituents is 1. The van der Waals surface area contributed by atoms with Crippen LogP contribution in [0, 0.1) is 0 Å². The smallest absolute Gasteiger partial charge is 0.116 e. The first-order chi connectivity index (χ1) is 7.70. The Morgan fingerprint density at radius 3 is 2.56 bits per heavy atom. The van der Waals surface area contributed by atoms with Crippen LogP contribution in [0.1, 0.15) is 31.4 Å². The molecule has 2 heteroatoms. The summed E-state index contributed by atoms with van der Waals surface area (Å²) >= 11 is 0. The molecule has 0 bridgehead atoms. The van der Waals surface area contributed by atoms with E-state index in [1.165, 1.54) is 5.56 Å². The molecule has 0 saturated carbocycles. The van der Waals surface area contributed by atoms with Crippen molar-refractivity contribution < 1.29 is 5.11 Å². The number of hydrogen-bond acceptors (Lipinski definition) is 2. The van der Waals surface area contributed by atoms with Crippen molar-refractivity contribution in [3.05, 3.63) is 42.0 Å². The summed E-state index contributed by atoms with van der Waals surface area (Å²) in [5, 5.41) is 11.5. The van der Waals surface area contributed by atoms with Gasteiger partial charge in [0.15, 0.2) is 0 Å². The van der Waals surface area contributed by atoms with Gasteiger partial charge >= 0.3 is 0 Å². The summed E-state index contributed by atoms with van der Waals surface area (Å²) in [5.41, 5.74) is 7.24. The summed E-state index contributed by atoms with van der Waals surface area (Å²) in [7, 11) is 0. The van der Waals surface area contributed by atoms with Gasteiger partial charge in [0.05, 0.1) is 0 Å². The Morgan fingerprint density at radius 2 is 1.81 bits per heavy atom. The van der Waals surface area contributed by atoms with Crippen molar-refractivity contribution >= 4 is 10.8 Å². The van der Waals surface area contributed by atoms with E-state index in [1.807, 2.05) is 18.2 Å². The lowest BCUT2D eigenvalue weighted by atomic mass is 9.99. The third kappa shape index (κ3) is 2.17. The van der Waals surface area contributed by atoms with Crippen LogP contribution in [0.2, 0.25) is 0 Å². The number of hydrogen-bond donors (Lipinski definition) is 2. The summed E-state index contributed by atoms with van der Waals surface area (Å²) in [6, 6.07) is 11.7. The number of benzene rings is 2. The van der Waals surface area contributed by atoms with Crippen molar-refractivity contribution in [1.82, 2.24) is 0 Å². The Hall–Kier alpha value is -1.54. The number of aromatic hydroxyl groups is 1. The lowest BCUT2D eigenvalue weighted by Gasteiger charge is -2.11. The molecule has 0 aliphatic heterocycles. The minimum absolute atomic E-state index is 0.114. The van der Waals surface area contributed by atoms with E-state index in [0.29, 0.717) is 5.75 Å². The first-order valence-corrected chi connectivity index (χ1v) is 5.69. The van der Waals surface area contributed by atoms with Gasteiger partial charge in [-0.05, 0) is 41.0 Å². The molecule has 2 aromatic carbocycles. The quantitative estimate of drug-likeness (QED) is 0.824. The largest absolute Gasteiger partial charge is 0.508 e. The van der Waals surface area contributed by atoms with Gasteiger partial charge in [0.1, 0.15) is 5.75 Å². The molecule has 0 unspecified atom stereocenters. The van der Waals surface area contributed by atoms with Crippen LogP contribution >= 0.6 is 0 Å². The molecule has 16 heavy (non-hydrogen) atoms. The van der Waals surface area contributed by atoms with Crippen LogP contribution in [0.3, 0.4) is 0 Å². The average Bonchev–Trinajstić information content (AvgIpc) is 2.28. The van der Waals surface area contributed by atoms with Crippen LogP contribution in [0.25, 0.3) is 10.8 Å². The molecule has 2 rings (SSSR count). The minimum atomic E-state index is 0.114. The maximum absolute atomic E-state index is 9.37. The summed E-state index contributed by atoms with van der Waals surface area (Å²) in [4.78, 5) is 0.